The van der Waals surface area contributed by atoms with Crippen molar-refractivity contribution in [2.24, 2.45) is 7.05 Å². The minimum Gasteiger partial charge on any atom is -0.350 e. The summed E-state index contributed by atoms with van der Waals surface area (Å²) in [5.74, 6) is 0.253. The van der Waals surface area contributed by atoms with Crippen LogP contribution in [-0.2, 0) is 23.2 Å². The van der Waals surface area contributed by atoms with Crippen LogP contribution in [0.1, 0.15) is 31.4 Å². The van der Waals surface area contributed by atoms with Crippen LogP contribution in [0.25, 0.3) is 0 Å². The second-order valence-electron chi connectivity index (χ2n) is 7.38. The molecule has 0 unspecified atom stereocenters. The number of sulfonamides is 1. The molecule has 0 aromatic carbocycles. The highest BCUT2D eigenvalue weighted by Crippen LogP contribution is 2.37. The fourth-order valence-corrected chi connectivity index (χ4v) is 5.17. The number of rotatable bonds is 5. The first-order chi connectivity index (χ1) is 13.7. The van der Waals surface area contributed by atoms with E-state index in [-0.39, 0.29) is 22.8 Å². The molecule has 0 spiro atoms. The van der Waals surface area contributed by atoms with Gasteiger partial charge in [-0.25, -0.2) is 18.4 Å². The van der Waals surface area contributed by atoms with Gasteiger partial charge >= 0.3 is 6.18 Å². The number of anilines is 1. The van der Waals surface area contributed by atoms with E-state index in [0.29, 0.717) is 25.9 Å². The summed E-state index contributed by atoms with van der Waals surface area (Å²) in [6.07, 6.45) is 1.99. The molecule has 0 amide bonds. The van der Waals surface area contributed by atoms with E-state index in [9.17, 15) is 21.6 Å². The van der Waals surface area contributed by atoms with Gasteiger partial charge in [0, 0.05) is 44.5 Å². The minimum absolute atomic E-state index is 0.0705. The lowest BCUT2D eigenvalue weighted by atomic mass is 10.0. The van der Waals surface area contributed by atoms with Crippen LogP contribution in [0.3, 0.4) is 0 Å². The molecule has 0 N–H and O–H groups in total. The van der Waals surface area contributed by atoms with Crippen molar-refractivity contribution in [3.63, 3.8) is 0 Å². The van der Waals surface area contributed by atoms with Crippen molar-refractivity contribution in [1.29, 1.82) is 0 Å². The van der Waals surface area contributed by atoms with Crippen LogP contribution in [0.2, 0.25) is 0 Å². The summed E-state index contributed by atoms with van der Waals surface area (Å²) < 4.78 is 67.5. The maximum atomic E-state index is 13.0. The molecule has 29 heavy (non-hydrogen) atoms. The van der Waals surface area contributed by atoms with Crippen LogP contribution in [0.4, 0.5) is 19.0 Å². The van der Waals surface area contributed by atoms with Crippen molar-refractivity contribution < 1.29 is 21.6 Å². The average Bonchev–Trinajstić information content (AvgIpc) is 3.40. The van der Waals surface area contributed by atoms with Crippen LogP contribution in [-0.4, -0.2) is 57.6 Å². The monoisotopic (exact) mass is 430 g/mol. The molecule has 2 aromatic rings. The Bertz CT molecular complexity index is 981. The number of aryl methyl sites for hydroxylation is 1. The predicted octanol–water partition coefficient (Wildman–Crippen LogP) is 2.05. The van der Waals surface area contributed by atoms with Gasteiger partial charge in [0.15, 0.2) is 0 Å². The van der Waals surface area contributed by atoms with E-state index in [0.717, 1.165) is 25.2 Å². The van der Waals surface area contributed by atoms with Crippen LogP contribution in [0, 0.1) is 0 Å². The summed E-state index contributed by atoms with van der Waals surface area (Å²) in [5, 5.41) is 3.92. The van der Waals surface area contributed by atoms with E-state index in [1.165, 1.54) is 21.4 Å². The normalized spacial score (nSPS) is 19.4. The number of hydrogen-bond donors (Lipinski definition) is 0. The van der Waals surface area contributed by atoms with Gasteiger partial charge in [0.2, 0.25) is 10.0 Å². The van der Waals surface area contributed by atoms with E-state index < -0.39 is 21.9 Å². The molecular weight excluding hydrogens is 409 g/mol. The molecule has 3 heterocycles. The van der Waals surface area contributed by atoms with Gasteiger partial charge < -0.3 is 4.90 Å². The minimum atomic E-state index is -4.53. The Labute approximate surface area is 166 Å². The first-order valence-corrected chi connectivity index (χ1v) is 10.8. The molecule has 1 saturated heterocycles. The SMILES string of the molecule is Cn1cc(S(=O)(=O)N2CCC(N(c3cc(C(F)(F)F)ncn3)C3CC3)CC2)cn1. The molecule has 1 aliphatic heterocycles. The molecule has 2 fully saturated rings. The summed E-state index contributed by atoms with van der Waals surface area (Å²) in [5.41, 5.74) is -0.968. The highest BCUT2D eigenvalue weighted by atomic mass is 32.2. The summed E-state index contributed by atoms with van der Waals surface area (Å²) in [4.78, 5) is 9.48. The molecule has 158 valence electrons. The summed E-state index contributed by atoms with van der Waals surface area (Å²) in [7, 11) is -1.98. The Kier molecular flexibility index (Phi) is 5.01. The smallest absolute Gasteiger partial charge is 0.350 e. The first-order valence-electron chi connectivity index (χ1n) is 9.32. The molecule has 4 rings (SSSR count). The fraction of sp³-hybridized carbons (Fsp3) is 0.588. The highest BCUT2D eigenvalue weighted by molar-refractivity contribution is 7.89. The third kappa shape index (κ3) is 4.08. The maximum absolute atomic E-state index is 13.0. The van der Waals surface area contributed by atoms with Crippen LogP contribution in [0.5, 0.6) is 0 Å². The van der Waals surface area contributed by atoms with Crippen molar-refractivity contribution in [2.75, 3.05) is 18.0 Å². The standard InChI is InChI=1S/C17H21F3N6O2S/c1-24-10-14(9-23-24)29(27,28)25-6-4-13(5-7-25)26(12-2-3-12)16-8-15(17(18,19)20)21-11-22-16/h8-13H,2-7H2,1H3. The van der Waals surface area contributed by atoms with E-state index in [2.05, 4.69) is 15.1 Å². The van der Waals surface area contributed by atoms with Crippen LogP contribution >= 0.6 is 0 Å². The van der Waals surface area contributed by atoms with Gasteiger partial charge in [-0.05, 0) is 25.7 Å². The molecule has 2 aliphatic rings. The zero-order valence-electron chi connectivity index (χ0n) is 15.7. The van der Waals surface area contributed by atoms with E-state index in [1.807, 2.05) is 4.90 Å². The van der Waals surface area contributed by atoms with Gasteiger partial charge in [-0.1, -0.05) is 0 Å². The van der Waals surface area contributed by atoms with Crippen molar-refractivity contribution in [3.8, 4) is 0 Å². The summed E-state index contributed by atoms with van der Waals surface area (Å²) in [6.45, 7) is 0.588. The lowest BCUT2D eigenvalue weighted by Gasteiger charge is -2.38. The Balaban J connectivity index is 1.51. The van der Waals surface area contributed by atoms with E-state index >= 15 is 0 Å². The second kappa shape index (κ2) is 7.24. The lowest BCUT2D eigenvalue weighted by Crippen LogP contribution is -2.48. The topological polar surface area (TPSA) is 84.2 Å². The largest absolute Gasteiger partial charge is 0.433 e. The van der Waals surface area contributed by atoms with Gasteiger partial charge in [-0.2, -0.15) is 22.6 Å². The lowest BCUT2D eigenvalue weighted by molar-refractivity contribution is -0.141. The molecule has 1 saturated carbocycles. The number of hydrogen-bond acceptors (Lipinski definition) is 6. The molecule has 0 radical (unpaired) electrons. The maximum Gasteiger partial charge on any atom is 0.433 e. The first kappa shape index (κ1) is 20.1. The third-order valence-electron chi connectivity index (χ3n) is 5.28. The van der Waals surface area contributed by atoms with E-state index in [1.54, 1.807) is 7.05 Å². The number of nitrogens with zero attached hydrogens (tertiary/aromatic N) is 6. The third-order valence-corrected chi connectivity index (χ3v) is 7.14. The van der Waals surface area contributed by atoms with Crippen LogP contribution in [0.15, 0.2) is 29.7 Å². The van der Waals surface area contributed by atoms with Crippen molar-refractivity contribution in [2.45, 2.75) is 48.8 Å². The molecule has 12 heteroatoms. The van der Waals surface area contributed by atoms with Crippen molar-refractivity contribution in [1.82, 2.24) is 24.1 Å². The van der Waals surface area contributed by atoms with E-state index in [4.69, 9.17) is 0 Å². The zero-order chi connectivity index (χ0) is 20.8. The van der Waals surface area contributed by atoms with Gasteiger partial charge in [0.25, 0.3) is 0 Å². The number of halogens is 3. The molecule has 2 aromatic heterocycles. The van der Waals surface area contributed by atoms with Crippen LogP contribution < -0.4 is 4.90 Å². The second-order valence-corrected chi connectivity index (χ2v) is 9.32. The van der Waals surface area contributed by atoms with Crippen molar-refractivity contribution in [3.05, 3.63) is 30.5 Å². The summed E-state index contributed by atoms with van der Waals surface area (Å²) >= 11 is 0. The zero-order valence-corrected chi connectivity index (χ0v) is 16.6. The molecule has 0 atom stereocenters. The van der Waals surface area contributed by atoms with Crippen molar-refractivity contribution >= 4 is 15.8 Å². The van der Waals surface area contributed by atoms with Gasteiger partial charge in [0.05, 0.1) is 6.20 Å². The van der Waals surface area contributed by atoms with Gasteiger partial charge in [-0.3, -0.25) is 4.68 Å². The van der Waals surface area contributed by atoms with Gasteiger partial charge in [0.1, 0.15) is 22.7 Å². The Hall–Kier alpha value is -2.21. The molecule has 8 nitrogen and oxygen atoms in total. The van der Waals surface area contributed by atoms with Gasteiger partial charge in [-0.15, -0.1) is 0 Å². The number of aromatic nitrogens is 4. The number of alkyl halides is 3. The average molecular weight is 430 g/mol. The molecule has 1 aliphatic carbocycles. The number of piperidine rings is 1. The summed E-state index contributed by atoms with van der Waals surface area (Å²) in [6, 6.07) is 1.05. The molecule has 0 bridgehead atoms. The Morgan fingerprint density at radius 2 is 1.76 bits per heavy atom. The molecular formula is C17H21F3N6O2S. The fourth-order valence-electron chi connectivity index (χ4n) is 3.71. The predicted molar refractivity (Wildman–Crippen MR) is 97.5 cm³/mol. The highest BCUT2D eigenvalue weighted by Gasteiger charge is 2.40. The Morgan fingerprint density at radius 3 is 2.31 bits per heavy atom. The quantitative estimate of drug-likeness (QED) is 0.722. The Morgan fingerprint density at radius 1 is 1.10 bits per heavy atom.